The summed E-state index contributed by atoms with van der Waals surface area (Å²) >= 11 is 0. The van der Waals surface area contributed by atoms with Crippen molar-refractivity contribution < 1.29 is 14.9 Å². The van der Waals surface area contributed by atoms with Gasteiger partial charge in [0.2, 0.25) is 0 Å². The van der Waals surface area contributed by atoms with Gasteiger partial charge in [0.1, 0.15) is 5.75 Å². The van der Waals surface area contributed by atoms with E-state index < -0.39 is 5.90 Å². The number of nitrogens with one attached hydrogen (secondary N) is 1. The average molecular weight is 438 g/mol. The molecule has 0 aliphatic heterocycles. The molecule has 174 valence electrons. The van der Waals surface area contributed by atoms with Crippen LogP contribution in [0.5, 0.6) is 5.75 Å². The van der Waals surface area contributed by atoms with Crippen LogP contribution in [0.2, 0.25) is 0 Å². The van der Waals surface area contributed by atoms with E-state index in [4.69, 9.17) is 10.1 Å². The summed E-state index contributed by atoms with van der Waals surface area (Å²) in [5.41, 5.74) is 2.36. The van der Waals surface area contributed by atoms with E-state index in [-0.39, 0.29) is 28.6 Å². The Balaban J connectivity index is 1.35. The van der Waals surface area contributed by atoms with Crippen LogP contribution >= 0.6 is 0 Å². The standard InChI is InChI=1S/C27H38N2O3/c1-16(32-20-12-17(25(28)31)14-29-15-20)22-6-7-23-21-5-4-18-13-19(30)8-10-26(18,2)24(21)9-11-27(22,23)3/h4,12,14-16,19,21-24,30H,5-11,13H2,1-3H3,(H2,28,31)/p-1/t16-,19-,21?,22+,23-,24-,26-,27+/m0/s1. The summed E-state index contributed by atoms with van der Waals surface area (Å²) in [6, 6.07) is 1.65. The van der Waals surface area contributed by atoms with Crippen molar-refractivity contribution in [1.29, 1.82) is 5.41 Å². The average Bonchev–Trinajstić information content (AvgIpc) is 3.12. The molecule has 2 N–H and O–H groups in total. The third-order valence-electron chi connectivity index (χ3n) is 10.0. The summed E-state index contributed by atoms with van der Waals surface area (Å²) < 4.78 is 6.32. The van der Waals surface area contributed by atoms with Gasteiger partial charge in [-0.2, -0.15) is 0 Å². The minimum Gasteiger partial charge on any atom is -0.859 e. The highest BCUT2D eigenvalue weighted by molar-refractivity contribution is 5.87. The molecule has 0 aromatic carbocycles. The Hall–Kier alpha value is -1.88. The van der Waals surface area contributed by atoms with Crippen LogP contribution in [0.25, 0.3) is 0 Å². The molecule has 1 aromatic heterocycles. The maximum absolute atomic E-state index is 11.4. The van der Waals surface area contributed by atoms with Gasteiger partial charge in [-0.25, -0.2) is 0 Å². The molecule has 8 atom stereocenters. The molecule has 4 aliphatic carbocycles. The number of hydrogen-bond acceptors (Lipinski definition) is 5. The molecule has 1 unspecified atom stereocenters. The number of hydrogen-bond donors (Lipinski definition) is 2. The van der Waals surface area contributed by atoms with Crippen LogP contribution in [0.4, 0.5) is 0 Å². The van der Waals surface area contributed by atoms with Gasteiger partial charge in [0.15, 0.2) is 0 Å². The molecule has 0 spiro atoms. The van der Waals surface area contributed by atoms with Gasteiger partial charge < -0.3 is 20.4 Å². The maximum atomic E-state index is 11.4. The first-order valence-electron chi connectivity index (χ1n) is 12.5. The fourth-order valence-corrected chi connectivity index (χ4v) is 8.36. The number of aliphatic hydroxyl groups is 1. The monoisotopic (exact) mass is 437 g/mol. The van der Waals surface area contributed by atoms with E-state index in [1.165, 1.54) is 43.9 Å². The zero-order valence-electron chi connectivity index (χ0n) is 19.6. The van der Waals surface area contributed by atoms with E-state index in [9.17, 15) is 10.2 Å². The van der Waals surface area contributed by atoms with Gasteiger partial charge in [-0.15, -0.1) is 0 Å². The lowest BCUT2D eigenvalue weighted by atomic mass is 9.47. The van der Waals surface area contributed by atoms with Crippen molar-refractivity contribution in [2.45, 2.75) is 84.3 Å². The molecule has 5 rings (SSSR count). The number of aliphatic hydroxyl groups excluding tert-OH is 1. The predicted molar refractivity (Wildman–Crippen MR) is 122 cm³/mol. The SMILES string of the molecule is C[C@H](Oc1cncc(C(=N)[O-])c1)[C@H]1CC[C@H]2C3CC=C4C[C@@H](O)CC[C@]4(C)[C@H]3CC[C@]12C. The Bertz CT molecular complexity index is 929. The largest absolute Gasteiger partial charge is 0.859 e. The van der Waals surface area contributed by atoms with E-state index >= 15 is 0 Å². The third kappa shape index (κ3) is 3.39. The van der Waals surface area contributed by atoms with Crippen molar-refractivity contribution >= 4 is 5.90 Å². The molecule has 0 amide bonds. The summed E-state index contributed by atoms with van der Waals surface area (Å²) in [7, 11) is 0. The molecule has 1 heterocycles. The lowest BCUT2D eigenvalue weighted by Gasteiger charge is -2.58. The van der Waals surface area contributed by atoms with Gasteiger partial charge in [-0.3, -0.25) is 4.98 Å². The second-order valence-electron chi connectivity index (χ2n) is 11.4. The Labute approximate surface area is 191 Å². The Morgan fingerprint density at radius 2 is 2.00 bits per heavy atom. The molecular formula is C27H37N2O3-. The zero-order valence-corrected chi connectivity index (χ0v) is 19.6. The van der Waals surface area contributed by atoms with Crippen LogP contribution in [0.1, 0.15) is 77.7 Å². The molecule has 5 heteroatoms. The normalized spacial score (nSPS) is 41.6. The highest BCUT2D eigenvalue weighted by Gasteiger charge is 2.59. The van der Waals surface area contributed by atoms with Crippen LogP contribution in [0.3, 0.4) is 0 Å². The first-order valence-corrected chi connectivity index (χ1v) is 12.5. The molecule has 3 fully saturated rings. The topological polar surface area (TPSA) is 89.3 Å². The van der Waals surface area contributed by atoms with Gasteiger partial charge in [-0.1, -0.05) is 25.5 Å². The number of rotatable bonds is 4. The highest BCUT2D eigenvalue weighted by atomic mass is 16.5. The molecular weight excluding hydrogens is 400 g/mol. The summed E-state index contributed by atoms with van der Waals surface area (Å²) in [5.74, 6) is 2.55. The quantitative estimate of drug-likeness (QED) is 0.413. The van der Waals surface area contributed by atoms with Gasteiger partial charge in [-0.05, 0) is 98.8 Å². The second-order valence-corrected chi connectivity index (χ2v) is 11.4. The Morgan fingerprint density at radius 3 is 2.78 bits per heavy atom. The lowest BCUT2D eigenvalue weighted by molar-refractivity contribution is -0.214. The van der Waals surface area contributed by atoms with Crippen LogP contribution in [0, 0.1) is 39.9 Å². The van der Waals surface area contributed by atoms with E-state index in [1.807, 2.05) is 0 Å². The minimum absolute atomic E-state index is 0.0505. The van der Waals surface area contributed by atoms with Gasteiger partial charge in [0, 0.05) is 17.7 Å². The van der Waals surface area contributed by atoms with Crippen molar-refractivity contribution in [3.63, 3.8) is 0 Å². The number of fused-ring (bicyclic) bond motifs is 5. The van der Waals surface area contributed by atoms with Crippen LogP contribution in [-0.4, -0.2) is 28.2 Å². The van der Waals surface area contributed by atoms with Gasteiger partial charge in [0.05, 0.1) is 18.4 Å². The van der Waals surface area contributed by atoms with Crippen molar-refractivity contribution in [2.24, 2.45) is 34.5 Å². The van der Waals surface area contributed by atoms with E-state index in [0.717, 1.165) is 37.0 Å². The lowest BCUT2D eigenvalue weighted by Crippen LogP contribution is -2.51. The second kappa shape index (κ2) is 7.86. The molecule has 4 aliphatic rings. The zero-order chi connectivity index (χ0) is 22.7. The molecule has 3 saturated carbocycles. The summed E-state index contributed by atoms with van der Waals surface area (Å²) in [6.07, 6.45) is 14.6. The molecule has 0 saturated heterocycles. The van der Waals surface area contributed by atoms with Crippen LogP contribution in [0.15, 0.2) is 30.1 Å². The summed E-state index contributed by atoms with van der Waals surface area (Å²) in [4.78, 5) is 4.10. The van der Waals surface area contributed by atoms with Crippen molar-refractivity contribution in [3.05, 3.63) is 35.7 Å². The van der Waals surface area contributed by atoms with Crippen molar-refractivity contribution in [1.82, 2.24) is 4.98 Å². The van der Waals surface area contributed by atoms with E-state index in [2.05, 4.69) is 31.8 Å². The number of ether oxygens (including phenoxy) is 1. The molecule has 0 radical (unpaired) electrons. The van der Waals surface area contributed by atoms with Crippen LogP contribution in [-0.2, 0) is 0 Å². The third-order valence-corrected chi connectivity index (χ3v) is 10.0. The van der Waals surface area contributed by atoms with Gasteiger partial charge in [0.25, 0.3) is 0 Å². The fraction of sp³-hybridized carbons (Fsp3) is 0.704. The number of aromatic nitrogens is 1. The fourth-order valence-electron chi connectivity index (χ4n) is 8.36. The Morgan fingerprint density at radius 1 is 1.19 bits per heavy atom. The molecule has 5 nitrogen and oxygen atoms in total. The van der Waals surface area contributed by atoms with Crippen molar-refractivity contribution in [3.8, 4) is 5.75 Å². The van der Waals surface area contributed by atoms with Crippen LogP contribution < -0.4 is 9.84 Å². The first-order chi connectivity index (χ1) is 15.2. The Kier molecular flexibility index (Phi) is 5.39. The molecule has 1 aromatic rings. The maximum Gasteiger partial charge on any atom is 0.138 e. The first kappa shape index (κ1) is 21.9. The number of pyridine rings is 1. The highest BCUT2D eigenvalue weighted by Crippen LogP contribution is 2.66. The molecule has 0 bridgehead atoms. The van der Waals surface area contributed by atoms with Crippen molar-refractivity contribution in [2.75, 3.05) is 0 Å². The summed E-state index contributed by atoms with van der Waals surface area (Å²) in [5, 5.41) is 29.0. The smallest absolute Gasteiger partial charge is 0.138 e. The summed E-state index contributed by atoms with van der Waals surface area (Å²) in [6.45, 7) is 7.15. The van der Waals surface area contributed by atoms with E-state index in [0.29, 0.717) is 11.7 Å². The molecule has 32 heavy (non-hydrogen) atoms. The minimum atomic E-state index is -0.727. The predicted octanol–water partition coefficient (Wildman–Crippen LogP) is 4.47. The number of allylic oxidation sites excluding steroid dienone is 1. The van der Waals surface area contributed by atoms with Gasteiger partial charge >= 0.3 is 0 Å². The van der Waals surface area contributed by atoms with E-state index in [1.54, 1.807) is 12.3 Å². The number of nitrogens with zero attached hydrogens (tertiary/aromatic N) is 1.